The average Bonchev–Trinajstić information content (AvgIpc) is 2.17. The third-order valence-electron chi connectivity index (χ3n) is 1.75. The van der Waals surface area contributed by atoms with Crippen molar-refractivity contribution in [2.75, 3.05) is 6.54 Å². The van der Waals surface area contributed by atoms with Crippen LogP contribution in [0.25, 0.3) is 0 Å². The van der Waals surface area contributed by atoms with Gasteiger partial charge in [0.1, 0.15) is 6.61 Å². The van der Waals surface area contributed by atoms with E-state index in [4.69, 9.17) is 33.7 Å². The van der Waals surface area contributed by atoms with Gasteiger partial charge in [0.25, 0.3) is 0 Å². The van der Waals surface area contributed by atoms with Crippen molar-refractivity contribution < 1.29 is 9.53 Å². The van der Waals surface area contributed by atoms with Gasteiger partial charge in [0, 0.05) is 22.2 Å². The van der Waals surface area contributed by atoms with E-state index in [9.17, 15) is 4.79 Å². The van der Waals surface area contributed by atoms with Gasteiger partial charge in [-0.25, -0.2) is 0 Å². The molecule has 0 fully saturated rings. The van der Waals surface area contributed by atoms with E-state index in [1.165, 1.54) is 0 Å². The standard InChI is InChI=1S/C10H11Cl2NO2/c11-8-2-1-7(9(12)5-8)6-15-10(14)3-4-13/h1-2,5H,3-4,6,13H2. The Morgan fingerprint density at radius 3 is 2.73 bits per heavy atom. The van der Waals surface area contributed by atoms with Crippen LogP contribution < -0.4 is 5.73 Å². The second-order valence-corrected chi connectivity index (χ2v) is 3.78. The molecule has 82 valence electrons. The smallest absolute Gasteiger partial charge is 0.307 e. The van der Waals surface area contributed by atoms with Crippen LogP contribution in [-0.4, -0.2) is 12.5 Å². The van der Waals surface area contributed by atoms with Crippen LogP contribution in [0.5, 0.6) is 0 Å². The number of hydrogen-bond donors (Lipinski definition) is 1. The second kappa shape index (κ2) is 5.95. The van der Waals surface area contributed by atoms with E-state index in [2.05, 4.69) is 0 Å². The fourth-order valence-electron chi connectivity index (χ4n) is 0.987. The third kappa shape index (κ3) is 4.08. The molecule has 0 aliphatic carbocycles. The summed E-state index contributed by atoms with van der Waals surface area (Å²) in [6.07, 6.45) is 0.214. The van der Waals surface area contributed by atoms with E-state index < -0.39 is 0 Å². The predicted octanol–water partition coefficient (Wildman–Crippen LogP) is 2.39. The van der Waals surface area contributed by atoms with Gasteiger partial charge in [-0.1, -0.05) is 29.3 Å². The normalized spacial score (nSPS) is 10.1. The summed E-state index contributed by atoms with van der Waals surface area (Å²) in [7, 11) is 0. The van der Waals surface area contributed by atoms with Crippen molar-refractivity contribution in [1.82, 2.24) is 0 Å². The highest BCUT2D eigenvalue weighted by Gasteiger charge is 2.05. The third-order valence-corrected chi connectivity index (χ3v) is 2.34. The molecular weight excluding hydrogens is 237 g/mol. The molecule has 0 unspecified atom stereocenters. The van der Waals surface area contributed by atoms with E-state index in [1.54, 1.807) is 18.2 Å². The van der Waals surface area contributed by atoms with E-state index in [0.29, 0.717) is 10.0 Å². The zero-order valence-corrected chi connectivity index (χ0v) is 9.52. The molecule has 1 aromatic rings. The second-order valence-electron chi connectivity index (χ2n) is 2.94. The Labute approximate surface area is 98.1 Å². The van der Waals surface area contributed by atoms with Gasteiger partial charge in [0.2, 0.25) is 0 Å². The molecule has 0 heterocycles. The topological polar surface area (TPSA) is 52.3 Å². The zero-order chi connectivity index (χ0) is 11.3. The molecule has 0 atom stereocenters. The Morgan fingerprint density at radius 1 is 1.40 bits per heavy atom. The highest BCUT2D eigenvalue weighted by molar-refractivity contribution is 6.35. The molecule has 1 aromatic carbocycles. The summed E-state index contributed by atoms with van der Waals surface area (Å²) < 4.78 is 4.94. The first kappa shape index (κ1) is 12.3. The average molecular weight is 248 g/mol. The highest BCUT2D eigenvalue weighted by atomic mass is 35.5. The van der Waals surface area contributed by atoms with Crippen LogP contribution in [0.15, 0.2) is 18.2 Å². The molecule has 0 aromatic heterocycles. The number of esters is 1. The summed E-state index contributed by atoms with van der Waals surface area (Å²) in [5, 5.41) is 1.04. The number of halogens is 2. The van der Waals surface area contributed by atoms with Crippen LogP contribution in [0, 0.1) is 0 Å². The number of carbonyl (C=O) groups excluding carboxylic acids is 1. The number of ether oxygens (including phenoxy) is 1. The highest BCUT2D eigenvalue weighted by Crippen LogP contribution is 2.21. The van der Waals surface area contributed by atoms with Crippen molar-refractivity contribution in [2.45, 2.75) is 13.0 Å². The number of rotatable bonds is 4. The molecule has 0 bridgehead atoms. The lowest BCUT2D eigenvalue weighted by Crippen LogP contribution is -2.11. The Kier molecular flexibility index (Phi) is 4.88. The maximum atomic E-state index is 11.0. The first-order valence-corrected chi connectivity index (χ1v) is 5.18. The summed E-state index contributed by atoms with van der Waals surface area (Å²) in [6, 6.07) is 5.02. The van der Waals surface area contributed by atoms with Gasteiger partial charge >= 0.3 is 5.97 Å². The summed E-state index contributed by atoms with van der Waals surface area (Å²) in [5.74, 6) is -0.330. The molecule has 1 rings (SSSR count). The molecule has 0 amide bonds. The summed E-state index contributed by atoms with van der Waals surface area (Å²) in [4.78, 5) is 11.0. The van der Waals surface area contributed by atoms with Crippen LogP contribution >= 0.6 is 23.2 Å². The largest absolute Gasteiger partial charge is 0.461 e. The zero-order valence-electron chi connectivity index (χ0n) is 8.00. The fraction of sp³-hybridized carbons (Fsp3) is 0.300. The lowest BCUT2D eigenvalue weighted by Gasteiger charge is -2.06. The predicted molar refractivity (Wildman–Crippen MR) is 59.9 cm³/mol. The van der Waals surface area contributed by atoms with Crippen molar-refractivity contribution in [1.29, 1.82) is 0 Å². The molecular formula is C10H11Cl2NO2. The van der Waals surface area contributed by atoms with Gasteiger partial charge in [-0.3, -0.25) is 4.79 Å². The van der Waals surface area contributed by atoms with Gasteiger partial charge < -0.3 is 10.5 Å². The van der Waals surface area contributed by atoms with Crippen LogP contribution in [0.1, 0.15) is 12.0 Å². The molecule has 5 heteroatoms. The van der Waals surface area contributed by atoms with Crippen molar-refractivity contribution in [3.8, 4) is 0 Å². The SMILES string of the molecule is NCCC(=O)OCc1ccc(Cl)cc1Cl. The number of nitrogens with two attached hydrogens (primary N) is 1. The van der Waals surface area contributed by atoms with Crippen molar-refractivity contribution in [3.05, 3.63) is 33.8 Å². The lowest BCUT2D eigenvalue weighted by molar-refractivity contribution is -0.144. The first-order chi connectivity index (χ1) is 7.13. The lowest BCUT2D eigenvalue weighted by atomic mass is 10.2. The minimum Gasteiger partial charge on any atom is -0.461 e. The Morgan fingerprint density at radius 2 is 2.13 bits per heavy atom. The maximum absolute atomic E-state index is 11.0. The molecule has 0 spiro atoms. The molecule has 0 saturated heterocycles. The monoisotopic (exact) mass is 247 g/mol. The first-order valence-electron chi connectivity index (χ1n) is 4.43. The van der Waals surface area contributed by atoms with E-state index in [1.807, 2.05) is 0 Å². The molecule has 2 N–H and O–H groups in total. The molecule has 0 saturated carbocycles. The minimum atomic E-state index is -0.330. The summed E-state index contributed by atoms with van der Waals surface area (Å²) >= 11 is 11.6. The summed E-state index contributed by atoms with van der Waals surface area (Å²) in [6.45, 7) is 0.433. The van der Waals surface area contributed by atoms with Crippen molar-refractivity contribution >= 4 is 29.2 Å². The van der Waals surface area contributed by atoms with Crippen molar-refractivity contribution in [2.24, 2.45) is 5.73 Å². The molecule has 0 radical (unpaired) electrons. The van der Waals surface area contributed by atoms with E-state index in [0.717, 1.165) is 5.56 Å². The maximum Gasteiger partial charge on any atom is 0.307 e. The van der Waals surface area contributed by atoms with E-state index >= 15 is 0 Å². The van der Waals surface area contributed by atoms with Gasteiger partial charge in [0.05, 0.1) is 6.42 Å². The minimum absolute atomic E-state index is 0.148. The van der Waals surface area contributed by atoms with Crippen molar-refractivity contribution in [3.63, 3.8) is 0 Å². The van der Waals surface area contributed by atoms with Crippen LogP contribution in [0.4, 0.5) is 0 Å². The van der Waals surface area contributed by atoms with Crippen LogP contribution in [0.2, 0.25) is 10.0 Å². The fourth-order valence-corrected chi connectivity index (χ4v) is 1.45. The molecule has 0 aliphatic heterocycles. The van der Waals surface area contributed by atoms with Gasteiger partial charge in [-0.05, 0) is 12.1 Å². The van der Waals surface area contributed by atoms with E-state index in [-0.39, 0.29) is 25.5 Å². The Bertz CT molecular complexity index is 355. The number of carbonyl (C=O) groups is 1. The van der Waals surface area contributed by atoms with Crippen LogP contribution in [0.3, 0.4) is 0 Å². The molecule has 3 nitrogen and oxygen atoms in total. The summed E-state index contributed by atoms with van der Waals surface area (Å²) in [5.41, 5.74) is 5.93. The van der Waals surface area contributed by atoms with Gasteiger partial charge in [0.15, 0.2) is 0 Å². The van der Waals surface area contributed by atoms with Crippen LogP contribution in [-0.2, 0) is 16.1 Å². The quantitative estimate of drug-likeness (QED) is 0.832. The Hall–Kier alpha value is -0.770. The molecule has 0 aliphatic rings. The number of benzene rings is 1. The van der Waals surface area contributed by atoms with Gasteiger partial charge in [-0.15, -0.1) is 0 Å². The van der Waals surface area contributed by atoms with Gasteiger partial charge in [-0.2, -0.15) is 0 Å². The number of hydrogen-bond acceptors (Lipinski definition) is 3. The molecule has 15 heavy (non-hydrogen) atoms. The Balaban J connectivity index is 2.54.